The third-order valence-corrected chi connectivity index (χ3v) is 2.35. The molecule has 1 heterocycles. The molecule has 2 rings (SSSR count). The van der Waals surface area contributed by atoms with E-state index in [0.29, 0.717) is 6.07 Å². The molecule has 1 aromatic carbocycles. The second-order valence-corrected chi connectivity index (χ2v) is 3.81. The molecule has 1 N–H and O–H groups in total. The second-order valence-electron chi connectivity index (χ2n) is 3.81. The number of halogens is 3. The summed E-state index contributed by atoms with van der Waals surface area (Å²) < 4.78 is 38.8. The number of aromatic nitrogens is 1. The number of rotatable bonds is 3. The molecule has 1 aromatic heterocycles. The Balaban J connectivity index is 2.05. The standard InChI is InChI=1S/C13H9F3N2O/c14-9-5-4-8(10(15)7-9)6-13(19)18-12-3-1-2-11(16)17-12/h1-5,7H,6H2,(H,17,18,19). The number of hydrogen-bond acceptors (Lipinski definition) is 2. The van der Waals surface area contributed by atoms with Crippen LogP contribution in [0.4, 0.5) is 19.0 Å². The molecule has 0 bridgehead atoms. The van der Waals surface area contributed by atoms with Gasteiger partial charge in [0.15, 0.2) is 0 Å². The Morgan fingerprint density at radius 2 is 1.95 bits per heavy atom. The van der Waals surface area contributed by atoms with Gasteiger partial charge in [0.25, 0.3) is 0 Å². The maximum atomic E-state index is 13.3. The van der Waals surface area contributed by atoms with Crippen LogP contribution in [-0.4, -0.2) is 10.9 Å². The molecule has 1 amide bonds. The van der Waals surface area contributed by atoms with Gasteiger partial charge in [-0.1, -0.05) is 12.1 Å². The normalized spacial score (nSPS) is 10.3. The smallest absolute Gasteiger partial charge is 0.230 e. The Labute approximate surface area is 107 Å². The molecule has 6 heteroatoms. The van der Waals surface area contributed by atoms with Crippen molar-refractivity contribution in [2.24, 2.45) is 0 Å². The summed E-state index contributed by atoms with van der Waals surface area (Å²) in [6.45, 7) is 0. The first-order valence-electron chi connectivity index (χ1n) is 5.41. The van der Waals surface area contributed by atoms with Gasteiger partial charge in [-0.2, -0.15) is 4.39 Å². The van der Waals surface area contributed by atoms with Crippen LogP contribution in [-0.2, 0) is 11.2 Å². The second kappa shape index (κ2) is 5.51. The highest BCUT2D eigenvalue weighted by molar-refractivity contribution is 5.91. The zero-order valence-corrected chi connectivity index (χ0v) is 9.66. The fourth-order valence-corrected chi connectivity index (χ4v) is 1.50. The van der Waals surface area contributed by atoms with Crippen molar-refractivity contribution in [1.82, 2.24) is 4.98 Å². The van der Waals surface area contributed by atoms with Crippen LogP contribution < -0.4 is 5.32 Å². The molecule has 0 aliphatic carbocycles. The highest BCUT2D eigenvalue weighted by Crippen LogP contribution is 2.11. The summed E-state index contributed by atoms with van der Waals surface area (Å²) in [5.41, 5.74) is 0.0512. The van der Waals surface area contributed by atoms with Crippen molar-refractivity contribution in [2.45, 2.75) is 6.42 Å². The van der Waals surface area contributed by atoms with E-state index in [2.05, 4.69) is 10.3 Å². The Morgan fingerprint density at radius 1 is 1.16 bits per heavy atom. The first-order valence-corrected chi connectivity index (χ1v) is 5.41. The molecular weight excluding hydrogens is 257 g/mol. The average molecular weight is 266 g/mol. The Hall–Kier alpha value is -2.37. The highest BCUT2D eigenvalue weighted by atomic mass is 19.1. The van der Waals surface area contributed by atoms with Gasteiger partial charge < -0.3 is 5.32 Å². The van der Waals surface area contributed by atoms with E-state index in [1.54, 1.807) is 0 Å². The van der Waals surface area contributed by atoms with Gasteiger partial charge in [0.05, 0.1) is 6.42 Å². The average Bonchev–Trinajstić information content (AvgIpc) is 2.33. The number of carbonyl (C=O) groups is 1. The topological polar surface area (TPSA) is 42.0 Å². The summed E-state index contributed by atoms with van der Waals surface area (Å²) in [6.07, 6.45) is -0.287. The van der Waals surface area contributed by atoms with Crippen molar-refractivity contribution in [1.29, 1.82) is 0 Å². The van der Waals surface area contributed by atoms with Crippen molar-refractivity contribution < 1.29 is 18.0 Å². The summed E-state index contributed by atoms with van der Waals surface area (Å²) in [5, 5.41) is 2.32. The van der Waals surface area contributed by atoms with Crippen molar-refractivity contribution in [3.05, 3.63) is 59.5 Å². The monoisotopic (exact) mass is 266 g/mol. The largest absolute Gasteiger partial charge is 0.310 e. The molecule has 98 valence electrons. The van der Waals surface area contributed by atoms with Crippen molar-refractivity contribution in [3.63, 3.8) is 0 Å². The van der Waals surface area contributed by atoms with Gasteiger partial charge in [0, 0.05) is 6.07 Å². The molecule has 19 heavy (non-hydrogen) atoms. The first-order chi connectivity index (χ1) is 9.04. The fraction of sp³-hybridized carbons (Fsp3) is 0.0769. The van der Waals surface area contributed by atoms with E-state index in [1.807, 2.05) is 0 Å². The molecule has 0 aliphatic rings. The zero-order chi connectivity index (χ0) is 13.8. The molecule has 3 nitrogen and oxygen atoms in total. The van der Waals surface area contributed by atoms with Gasteiger partial charge >= 0.3 is 0 Å². The Morgan fingerprint density at radius 3 is 2.63 bits per heavy atom. The Kier molecular flexibility index (Phi) is 3.79. The minimum atomic E-state index is -0.803. The SMILES string of the molecule is O=C(Cc1ccc(F)cc1F)Nc1cccc(F)n1. The number of amides is 1. The van der Waals surface area contributed by atoms with E-state index in [-0.39, 0.29) is 17.8 Å². The predicted molar refractivity (Wildman–Crippen MR) is 62.9 cm³/mol. The lowest BCUT2D eigenvalue weighted by molar-refractivity contribution is -0.115. The summed E-state index contributed by atoms with van der Waals surface area (Å²) in [4.78, 5) is 15.0. The van der Waals surface area contributed by atoms with Crippen LogP contribution in [0.25, 0.3) is 0 Å². The molecule has 0 aliphatic heterocycles. The van der Waals surface area contributed by atoms with Gasteiger partial charge in [-0.3, -0.25) is 4.79 Å². The lowest BCUT2D eigenvalue weighted by Crippen LogP contribution is -2.16. The van der Waals surface area contributed by atoms with Gasteiger partial charge in [-0.15, -0.1) is 0 Å². The minimum Gasteiger partial charge on any atom is -0.310 e. The number of carbonyl (C=O) groups excluding carboxylic acids is 1. The fourth-order valence-electron chi connectivity index (χ4n) is 1.50. The van der Waals surface area contributed by atoms with Gasteiger partial charge in [0.2, 0.25) is 11.9 Å². The van der Waals surface area contributed by atoms with Gasteiger partial charge in [-0.25, -0.2) is 13.8 Å². The maximum Gasteiger partial charge on any atom is 0.230 e. The lowest BCUT2D eigenvalue weighted by Gasteiger charge is -2.05. The third-order valence-electron chi connectivity index (χ3n) is 2.35. The van der Waals surface area contributed by atoms with E-state index in [0.717, 1.165) is 12.1 Å². The Bertz CT molecular complexity index is 617. The number of pyridine rings is 1. The van der Waals surface area contributed by atoms with Crippen LogP contribution in [0.1, 0.15) is 5.56 Å². The van der Waals surface area contributed by atoms with Crippen molar-refractivity contribution in [3.8, 4) is 0 Å². The molecule has 0 radical (unpaired) electrons. The van der Waals surface area contributed by atoms with Crippen LogP contribution >= 0.6 is 0 Å². The first kappa shape index (κ1) is 13.1. The van der Waals surface area contributed by atoms with Crippen LogP contribution in [0.3, 0.4) is 0 Å². The number of benzene rings is 1. The number of anilines is 1. The van der Waals surface area contributed by atoms with Gasteiger partial charge in [-0.05, 0) is 23.8 Å². The van der Waals surface area contributed by atoms with Crippen molar-refractivity contribution >= 4 is 11.7 Å². The predicted octanol–water partition coefficient (Wildman–Crippen LogP) is 2.68. The quantitative estimate of drug-likeness (QED) is 0.868. The van der Waals surface area contributed by atoms with E-state index in [4.69, 9.17) is 0 Å². The van der Waals surface area contributed by atoms with Crippen molar-refractivity contribution in [2.75, 3.05) is 5.32 Å². The summed E-state index contributed by atoms with van der Waals surface area (Å²) in [7, 11) is 0. The molecule has 0 saturated carbocycles. The van der Waals surface area contributed by atoms with E-state index in [1.165, 1.54) is 18.2 Å². The summed E-state index contributed by atoms with van der Waals surface area (Å²) in [6, 6.07) is 6.87. The highest BCUT2D eigenvalue weighted by Gasteiger charge is 2.10. The number of nitrogens with zero attached hydrogens (tertiary/aromatic N) is 1. The van der Waals surface area contributed by atoms with Crippen LogP contribution in [0, 0.1) is 17.6 Å². The molecule has 0 saturated heterocycles. The van der Waals surface area contributed by atoms with E-state index in [9.17, 15) is 18.0 Å². The van der Waals surface area contributed by atoms with Crippen LogP contribution in [0.5, 0.6) is 0 Å². The zero-order valence-electron chi connectivity index (χ0n) is 9.66. The molecule has 0 fully saturated rings. The van der Waals surface area contributed by atoms with Crippen LogP contribution in [0.15, 0.2) is 36.4 Å². The molecule has 0 spiro atoms. The molecular formula is C13H9F3N2O. The lowest BCUT2D eigenvalue weighted by atomic mass is 10.1. The van der Waals surface area contributed by atoms with Crippen LogP contribution in [0.2, 0.25) is 0 Å². The minimum absolute atomic E-state index is 0.0347. The van der Waals surface area contributed by atoms with Gasteiger partial charge in [0.1, 0.15) is 17.5 Å². The van der Waals surface area contributed by atoms with E-state index < -0.39 is 23.5 Å². The summed E-state index contributed by atoms with van der Waals surface area (Å²) >= 11 is 0. The molecule has 0 atom stereocenters. The maximum absolute atomic E-state index is 13.3. The molecule has 2 aromatic rings. The summed E-state index contributed by atoms with van der Waals surface area (Å²) in [5.74, 6) is -2.78. The third kappa shape index (κ3) is 3.54. The molecule has 0 unspecified atom stereocenters. The number of hydrogen-bond donors (Lipinski definition) is 1. The number of nitrogens with one attached hydrogen (secondary N) is 1. The van der Waals surface area contributed by atoms with E-state index >= 15 is 0 Å².